The Morgan fingerprint density at radius 1 is 1.31 bits per heavy atom. The average Bonchev–Trinajstić information content (AvgIpc) is 2.67. The molecule has 1 aliphatic rings. The second kappa shape index (κ2) is 5.33. The van der Waals surface area contributed by atoms with Gasteiger partial charge in [-0.2, -0.15) is 13.2 Å². The number of aromatic nitrogens is 1. The van der Waals surface area contributed by atoms with Crippen LogP contribution in [0.4, 0.5) is 13.2 Å². The summed E-state index contributed by atoms with van der Waals surface area (Å²) in [6.07, 6.45) is -2.54. The fourth-order valence-corrected chi connectivity index (χ4v) is 2.67. The number of alkyl halides is 3. The van der Waals surface area contributed by atoms with Crippen LogP contribution in [0.5, 0.6) is 0 Å². The summed E-state index contributed by atoms with van der Waals surface area (Å²) in [4.78, 5) is 3.67. The van der Waals surface area contributed by atoms with Crippen molar-refractivity contribution in [2.45, 2.75) is 24.9 Å². The normalized spacial score (nSPS) is 18.2. The fraction of sp³-hybridized carbons (Fsp3) is 0.667. The molecule has 1 saturated heterocycles. The zero-order chi connectivity index (χ0) is 10.9. The van der Waals surface area contributed by atoms with E-state index in [4.69, 9.17) is 0 Å². The number of rotatable bonds is 1. The van der Waals surface area contributed by atoms with Crippen molar-refractivity contribution in [1.82, 2.24) is 10.3 Å². The van der Waals surface area contributed by atoms with Crippen LogP contribution >= 0.6 is 23.7 Å². The second-order valence-electron chi connectivity index (χ2n) is 3.59. The zero-order valence-corrected chi connectivity index (χ0v) is 10.0. The number of nitrogens with one attached hydrogen (secondary N) is 1. The summed E-state index contributed by atoms with van der Waals surface area (Å²) in [5, 5.41) is 4.91. The Morgan fingerprint density at radius 3 is 2.44 bits per heavy atom. The first-order chi connectivity index (χ1) is 7.07. The molecule has 1 aliphatic heterocycles. The summed E-state index contributed by atoms with van der Waals surface area (Å²) in [5.74, 6) is 0.201. The van der Waals surface area contributed by atoms with Crippen molar-refractivity contribution in [3.63, 3.8) is 0 Å². The van der Waals surface area contributed by atoms with Crippen LogP contribution in [0, 0.1) is 0 Å². The van der Waals surface area contributed by atoms with E-state index in [0.29, 0.717) is 5.01 Å². The first kappa shape index (κ1) is 13.7. The van der Waals surface area contributed by atoms with Crippen LogP contribution in [0.25, 0.3) is 0 Å². The van der Waals surface area contributed by atoms with Gasteiger partial charge in [-0.1, -0.05) is 0 Å². The van der Waals surface area contributed by atoms with Crippen LogP contribution in [0.15, 0.2) is 5.38 Å². The summed E-state index contributed by atoms with van der Waals surface area (Å²) in [5.41, 5.74) is -0.749. The van der Waals surface area contributed by atoms with Gasteiger partial charge in [-0.05, 0) is 25.9 Å². The summed E-state index contributed by atoms with van der Waals surface area (Å²) < 4.78 is 36.9. The van der Waals surface area contributed by atoms with Crippen LogP contribution in [0.2, 0.25) is 0 Å². The van der Waals surface area contributed by atoms with Crippen LogP contribution in [0.3, 0.4) is 0 Å². The highest BCUT2D eigenvalue weighted by molar-refractivity contribution is 7.09. The maximum atomic E-state index is 12.3. The minimum Gasteiger partial charge on any atom is -0.317 e. The molecule has 0 amide bonds. The Balaban J connectivity index is 0.00000128. The number of nitrogens with zero attached hydrogens (tertiary/aromatic N) is 1. The molecule has 92 valence electrons. The minimum absolute atomic E-state index is 0. The maximum Gasteiger partial charge on any atom is 0.434 e. The van der Waals surface area contributed by atoms with E-state index in [1.807, 2.05) is 0 Å². The molecule has 1 N–H and O–H groups in total. The van der Waals surface area contributed by atoms with E-state index in [1.54, 1.807) is 0 Å². The van der Waals surface area contributed by atoms with E-state index in [2.05, 4.69) is 10.3 Å². The van der Waals surface area contributed by atoms with Gasteiger partial charge in [0, 0.05) is 11.3 Å². The van der Waals surface area contributed by atoms with Gasteiger partial charge in [-0.15, -0.1) is 23.7 Å². The molecule has 2 rings (SSSR count). The molecule has 1 aromatic heterocycles. The average molecular weight is 273 g/mol. The number of hydrogen-bond acceptors (Lipinski definition) is 3. The molecular formula is C9H12ClF3N2S. The monoisotopic (exact) mass is 272 g/mol. The lowest BCUT2D eigenvalue weighted by Gasteiger charge is -2.20. The third kappa shape index (κ3) is 3.09. The quantitative estimate of drug-likeness (QED) is 0.850. The van der Waals surface area contributed by atoms with Crippen molar-refractivity contribution in [2.24, 2.45) is 0 Å². The summed E-state index contributed by atoms with van der Waals surface area (Å²) in [7, 11) is 0. The summed E-state index contributed by atoms with van der Waals surface area (Å²) in [6, 6.07) is 0. The van der Waals surface area contributed by atoms with E-state index >= 15 is 0 Å². The molecule has 0 unspecified atom stereocenters. The van der Waals surface area contributed by atoms with Crippen LogP contribution in [-0.2, 0) is 6.18 Å². The molecule has 0 bridgehead atoms. The van der Waals surface area contributed by atoms with Gasteiger partial charge in [-0.3, -0.25) is 0 Å². The molecule has 0 radical (unpaired) electrons. The summed E-state index contributed by atoms with van der Waals surface area (Å²) in [6.45, 7) is 1.73. The molecule has 16 heavy (non-hydrogen) atoms. The Kier molecular flexibility index (Phi) is 4.58. The van der Waals surface area contributed by atoms with Gasteiger partial charge in [-0.25, -0.2) is 4.98 Å². The van der Waals surface area contributed by atoms with Gasteiger partial charge >= 0.3 is 6.18 Å². The first-order valence-electron chi connectivity index (χ1n) is 4.80. The topological polar surface area (TPSA) is 24.9 Å². The molecule has 0 atom stereocenters. The molecule has 2 heterocycles. The van der Waals surface area contributed by atoms with Crippen molar-refractivity contribution < 1.29 is 13.2 Å². The Hall–Kier alpha value is -0.330. The van der Waals surface area contributed by atoms with Crippen molar-refractivity contribution in [3.8, 4) is 0 Å². The standard InChI is InChI=1S/C9H11F3N2S.ClH/c10-9(11,12)7-5-15-8(14-7)6-1-3-13-4-2-6;/h5-6,13H,1-4H2;1H. The van der Waals surface area contributed by atoms with Crippen LogP contribution in [0.1, 0.15) is 29.5 Å². The lowest BCUT2D eigenvalue weighted by atomic mass is 9.99. The van der Waals surface area contributed by atoms with Crippen molar-refractivity contribution in [3.05, 3.63) is 16.1 Å². The highest BCUT2D eigenvalue weighted by atomic mass is 35.5. The number of thiazole rings is 1. The summed E-state index contributed by atoms with van der Waals surface area (Å²) >= 11 is 1.12. The van der Waals surface area contributed by atoms with E-state index < -0.39 is 11.9 Å². The molecule has 0 spiro atoms. The predicted molar refractivity (Wildman–Crippen MR) is 59.2 cm³/mol. The number of halogens is 4. The van der Waals surface area contributed by atoms with E-state index in [0.717, 1.165) is 42.6 Å². The molecule has 0 aromatic carbocycles. The lowest BCUT2D eigenvalue weighted by Crippen LogP contribution is -2.26. The van der Waals surface area contributed by atoms with Gasteiger partial charge in [0.2, 0.25) is 0 Å². The van der Waals surface area contributed by atoms with Crippen molar-refractivity contribution in [2.75, 3.05) is 13.1 Å². The maximum absolute atomic E-state index is 12.3. The number of hydrogen-bond donors (Lipinski definition) is 1. The molecule has 0 saturated carbocycles. The van der Waals surface area contributed by atoms with Gasteiger partial charge in [0.15, 0.2) is 5.69 Å². The van der Waals surface area contributed by atoms with Crippen molar-refractivity contribution >= 4 is 23.7 Å². The zero-order valence-electron chi connectivity index (χ0n) is 8.38. The lowest BCUT2D eigenvalue weighted by molar-refractivity contribution is -0.140. The second-order valence-corrected chi connectivity index (χ2v) is 4.48. The highest BCUT2D eigenvalue weighted by Crippen LogP contribution is 2.34. The highest BCUT2D eigenvalue weighted by Gasteiger charge is 2.34. The molecule has 7 heteroatoms. The van der Waals surface area contributed by atoms with Crippen molar-refractivity contribution in [1.29, 1.82) is 0 Å². The van der Waals surface area contributed by atoms with E-state index in [1.165, 1.54) is 0 Å². The van der Waals surface area contributed by atoms with Gasteiger partial charge < -0.3 is 5.32 Å². The van der Waals surface area contributed by atoms with Gasteiger partial charge in [0.05, 0.1) is 5.01 Å². The Morgan fingerprint density at radius 2 is 1.94 bits per heavy atom. The third-order valence-electron chi connectivity index (χ3n) is 2.50. The fourth-order valence-electron chi connectivity index (χ4n) is 1.67. The molecule has 2 nitrogen and oxygen atoms in total. The number of piperidine rings is 1. The molecule has 1 fully saturated rings. The molecule has 1 aromatic rings. The molecular weight excluding hydrogens is 261 g/mol. The first-order valence-corrected chi connectivity index (χ1v) is 5.68. The van der Waals surface area contributed by atoms with Crippen LogP contribution < -0.4 is 5.32 Å². The molecule has 0 aliphatic carbocycles. The van der Waals surface area contributed by atoms with Gasteiger partial charge in [0.25, 0.3) is 0 Å². The van der Waals surface area contributed by atoms with E-state index in [-0.39, 0.29) is 18.3 Å². The Bertz CT molecular complexity index is 334. The third-order valence-corrected chi connectivity index (χ3v) is 3.51. The van der Waals surface area contributed by atoms with E-state index in [9.17, 15) is 13.2 Å². The largest absolute Gasteiger partial charge is 0.434 e. The predicted octanol–water partition coefficient (Wildman–Crippen LogP) is 3.05. The minimum atomic E-state index is -4.30. The Labute approximate surface area is 102 Å². The van der Waals surface area contributed by atoms with Crippen LogP contribution in [-0.4, -0.2) is 18.1 Å². The van der Waals surface area contributed by atoms with Gasteiger partial charge in [0.1, 0.15) is 0 Å². The smallest absolute Gasteiger partial charge is 0.317 e. The SMILES string of the molecule is Cl.FC(F)(F)c1csc(C2CCNCC2)n1.